The van der Waals surface area contributed by atoms with Gasteiger partial charge >= 0.3 is 0 Å². The number of piperidine rings is 2. The molecule has 2 fully saturated rings. The van der Waals surface area contributed by atoms with Crippen molar-refractivity contribution in [3.63, 3.8) is 0 Å². The van der Waals surface area contributed by atoms with Gasteiger partial charge in [0.25, 0.3) is 0 Å². The first-order valence-electron chi connectivity index (χ1n) is 11.6. The molecule has 1 amide bonds. The smallest absolute Gasteiger partial charge is 0.230 e. The van der Waals surface area contributed by atoms with E-state index >= 15 is 0 Å². The van der Waals surface area contributed by atoms with Gasteiger partial charge in [0.05, 0.1) is 0 Å². The molecule has 5 heteroatoms. The fourth-order valence-electron chi connectivity index (χ4n) is 6.09. The quantitative estimate of drug-likeness (QED) is 0.788. The number of benzene rings is 1. The second-order valence-corrected chi connectivity index (χ2v) is 9.32. The Morgan fingerprint density at radius 2 is 1.79 bits per heavy atom. The number of ketones is 1. The summed E-state index contributed by atoms with van der Waals surface area (Å²) >= 11 is 0. The van der Waals surface area contributed by atoms with Gasteiger partial charge in [0, 0.05) is 42.1 Å². The fourth-order valence-corrected chi connectivity index (χ4v) is 6.09. The predicted molar refractivity (Wildman–Crippen MR) is 115 cm³/mol. The van der Waals surface area contributed by atoms with Crippen molar-refractivity contribution < 1.29 is 9.59 Å². The van der Waals surface area contributed by atoms with Crippen LogP contribution < -0.4 is 4.90 Å². The average Bonchev–Trinajstić information content (AvgIpc) is 3.16. The van der Waals surface area contributed by atoms with Crippen LogP contribution in [0.25, 0.3) is 0 Å². The summed E-state index contributed by atoms with van der Waals surface area (Å²) in [5, 5.41) is 0. The molecule has 5 rings (SSSR count). The Hall–Kier alpha value is -1.72. The van der Waals surface area contributed by atoms with E-state index in [4.69, 9.17) is 0 Å². The molecule has 4 aliphatic rings. The minimum absolute atomic E-state index is 0.133. The molecule has 1 unspecified atom stereocenters. The molecule has 0 aromatic heterocycles. The second kappa shape index (κ2) is 7.84. The second-order valence-electron chi connectivity index (χ2n) is 9.32. The van der Waals surface area contributed by atoms with Crippen LogP contribution in [0.15, 0.2) is 18.2 Å². The lowest BCUT2D eigenvalue weighted by atomic mass is 9.83. The summed E-state index contributed by atoms with van der Waals surface area (Å²) in [4.78, 5) is 32.9. The molecule has 0 saturated carbocycles. The molecule has 1 aromatic rings. The topological polar surface area (TPSA) is 43.9 Å². The molecule has 156 valence electrons. The molecule has 5 nitrogen and oxygen atoms in total. The van der Waals surface area contributed by atoms with Gasteiger partial charge in [-0.15, -0.1) is 0 Å². The first-order valence-corrected chi connectivity index (χ1v) is 11.6. The molecule has 1 aliphatic carbocycles. The number of amides is 1. The summed E-state index contributed by atoms with van der Waals surface area (Å²) in [6.07, 6.45) is 6.00. The minimum Gasteiger partial charge on any atom is -0.311 e. The highest BCUT2D eigenvalue weighted by Crippen LogP contribution is 2.45. The van der Waals surface area contributed by atoms with E-state index in [0.717, 1.165) is 62.3 Å². The third kappa shape index (κ3) is 3.42. The van der Waals surface area contributed by atoms with Gasteiger partial charge in [-0.1, -0.05) is 19.1 Å². The highest BCUT2D eigenvalue weighted by atomic mass is 16.2. The molecule has 0 bridgehead atoms. The van der Waals surface area contributed by atoms with Crippen molar-refractivity contribution in [1.29, 1.82) is 0 Å². The van der Waals surface area contributed by atoms with E-state index < -0.39 is 0 Å². The molecule has 0 N–H and O–H groups in total. The van der Waals surface area contributed by atoms with Crippen LogP contribution in [0.3, 0.4) is 0 Å². The van der Waals surface area contributed by atoms with Crippen LogP contribution in [0.2, 0.25) is 0 Å². The summed E-state index contributed by atoms with van der Waals surface area (Å²) in [5.74, 6) is 1.02. The number of carbonyl (C=O) groups excluding carboxylic acids is 2. The summed E-state index contributed by atoms with van der Waals surface area (Å²) < 4.78 is 0. The van der Waals surface area contributed by atoms with Crippen LogP contribution in [0.5, 0.6) is 0 Å². The van der Waals surface area contributed by atoms with Gasteiger partial charge in [0.15, 0.2) is 5.78 Å². The zero-order valence-corrected chi connectivity index (χ0v) is 17.6. The van der Waals surface area contributed by atoms with E-state index in [-0.39, 0.29) is 11.7 Å². The summed E-state index contributed by atoms with van der Waals surface area (Å²) in [6, 6.07) is 6.65. The lowest BCUT2D eigenvalue weighted by Gasteiger charge is -2.41. The molecule has 1 aromatic carbocycles. The van der Waals surface area contributed by atoms with Crippen molar-refractivity contribution in [3.05, 3.63) is 29.3 Å². The Kier molecular flexibility index (Phi) is 5.21. The number of Topliss-reactive ketones (excluding diaryl/α,β-unsaturated/α-hetero) is 1. The fraction of sp³-hybridized carbons (Fsp3) is 0.667. The number of anilines is 1. The van der Waals surface area contributed by atoms with Gasteiger partial charge in [0.1, 0.15) is 0 Å². The third-order valence-electron chi connectivity index (χ3n) is 7.87. The Bertz CT molecular complexity index is 791. The lowest BCUT2D eigenvalue weighted by molar-refractivity contribution is -0.124. The SMILES string of the molecule is CCN1CCC(N2CCC(C(=O)N3CC4CCC(=O)c5cccc3c54)CC2)CC1. The molecule has 2 saturated heterocycles. The van der Waals surface area contributed by atoms with Crippen molar-refractivity contribution in [2.45, 2.75) is 57.4 Å². The number of hydrogen-bond acceptors (Lipinski definition) is 4. The van der Waals surface area contributed by atoms with Crippen molar-refractivity contribution in [1.82, 2.24) is 9.80 Å². The number of carbonyl (C=O) groups is 2. The van der Waals surface area contributed by atoms with E-state index in [1.807, 2.05) is 23.1 Å². The number of likely N-dealkylation sites (tertiary alicyclic amines) is 2. The normalized spacial score (nSPS) is 26.7. The highest BCUT2D eigenvalue weighted by Gasteiger charge is 2.40. The van der Waals surface area contributed by atoms with Crippen molar-refractivity contribution in [2.24, 2.45) is 5.92 Å². The van der Waals surface area contributed by atoms with Crippen molar-refractivity contribution >= 4 is 17.4 Å². The van der Waals surface area contributed by atoms with E-state index in [2.05, 4.69) is 16.7 Å². The molecular formula is C24H33N3O2. The van der Waals surface area contributed by atoms with Crippen molar-refractivity contribution in [2.75, 3.05) is 44.2 Å². The number of nitrogens with zero attached hydrogens (tertiary/aromatic N) is 3. The van der Waals surface area contributed by atoms with E-state index in [1.54, 1.807) is 0 Å². The van der Waals surface area contributed by atoms with Gasteiger partial charge in [-0.25, -0.2) is 0 Å². The average molecular weight is 396 g/mol. The maximum atomic E-state index is 13.4. The molecule has 3 heterocycles. The first-order chi connectivity index (χ1) is 14.2. The Morgan fingerprint density at radius 3 is 2.52 bits per heavy atom. The maximum Gasteiger partial charge on any atom is 0.230 e. The molecule has 1 atom stereocenters. The Balaban J connectivity index is 1.23. The molecule has 0 radical (unpaired) electrons. The maximum absolute atomic E-state index is 13.4. The lowest BCUT2D eigenvalue weighted by Crippen LogP contribution is -2.49. The van der Waals surface area contributed by atoms with E-state index in [0.29, 0.717) is 24.3 Å². The number of hydrogen-bond donors (Lipinski definition) is 0. The van der Waals surface area contributed by atoms with Crippen LogP contribution in [0.4, 0.5) is 5.69 Å². The van der Waals surface area contributed by atoms with Gasteiger partial charge in [-0.2, -0.15) is 0 Å². The van der Waals surface area contributed by atoms with Gasteiger partial charge < -0.3 is 14.7 Å². The largest absolute Gasteiger partial charge is 0.311 e. The van der Waals surface area contributed by atoms with Crippen LogP contribution >= 0.6 is 0 Å². The predicted octanol–water partition coefficient (Wildman–Crippen LogP) is 3.29. The Morgan fingerprint density at radius 1 is 1.03 bits per heavy atom. The van der Waals surface area contributed by atoms with Gasteiger partial charge in [0.2, 0.25) is 5.91 Å². The molecule has 3 aliphatic heterocycles. The van der Waals surface area contributed by atoms with Gasteiger partial charge in [-0.05, 0) is 76.5 Å². The first kappa shape index (κ1) is 19.3. The minimum atomic E-state index is 0.133. The highest BCUT2D eigenvalue weighted by molar-refractivity contribution is 6.04. The number of rotatable bonds is 3. The summed E-state index contributed by atoms with van der Waals surface area (Å²) in [5.41, 5.74) is 3.03. The molecular weight excluding hydrogens is 362 g/mol. The summed E-state index contributed by atoms with van der Waals surface area (Å²) in [7, 11) is 0. The van der Waals surface area contributed by atoms with Crippen LogP contribution in [0.1, 0.15) is 67.3 Å². The summed E-state index contributed by atoms with van der Waals surface area (Å²) in [6.45, 7) is 8.72. The Labute approximate surface area is 174 Å². The van der Waals surface area contributed by atoms with Crippen LogP contribution in [-0.2, 0) is 4.79 Å². The van der Waals surface area contributed by atoms with Crippen LogP contribution in [0, 0.1) is 5.92 Å². The zero-order chi connectivity index (χ0) is 20.0. The monoisotopic (exact) mass is 395 g/mol. The molecule has 0 spiro atoms. The van der Waals surface area contributed by atoms with E-state index in [1.165, 1.54) is 25.9 Å². The standard InChI is InChI=1S/C24H33N3O2/c1-2-25-12-10-19(11-13-25)26-14-8-17(9-15-26)24(29)27-16-18-6-7-22(28)20-4-3-5-21(27)23(18)20/h3-5,17-19H,2,6-16H2,1H3. The third-order valence-corrected chi connectivity index (χ3v) is 7.87. The van der Waals surface area contributed by atoms with Crippen LogP contribution in [-0.4, -0.2) is 66.8 Å². The van der Waals surface area contributed by atoms with Gasteiger partial charge in [-0.3, -0.25) is 9.59 Å². The zero-order valence-electron chi connectivity index (χ0n) is 17.6. The molecule has 29 heavy (non-hydrogen) atoms. The van der Waals surface area contributed by atoms with E-state index in [9.17, 15) is 9.59 Å². The van der Waals surface area contributed by atoms with Crippen molar-refractivity contribution in [3.8, 4) is 0 Å².